The summed E-state index contributed by atoms with van der Waals surface area (Å²) in [5.41, 5.74) is 0.317. The van der Waals surface area contributed by atoms with E-state index in [1.54, 1.807) is 0 Å². The van der Waals surface area contributed by atoms with E-state index in [0.717, 1.165) is 15.0 Å². The quantitative estimate of drug-likeness (QED) is 0.748. The lowest BCUT2D eigenvalue weighted by atomic mass is 10.2. The van der Waals surface area contributed by atoms with Crippen LogP contribution >= 0.6 is 11.3 Å². The van der Waals surface area contributed by atoms with E-state index >= 15 is 0 Å². The number of nitrogens with zero attached hydrogens (tertiary/aromatic N) is 1. The summed E-state index contributed by atoms with van der Waals surface area (Å²) < 4.78 is 14.0. The zero-order valence-electron chi connectivity index (χ0n) is 10.9. The normalized spacial score (nSPS) is 11.2. The second-order valence-corrected chi connectivity index (χ2v) is 5.76. The summed E-state index contributed by atoms with van der Waals surface area (Å²) in [6.07, 6.45) is 0. The Balaban J connectivity index is 2.42. The lowest BCUT2D eigenvalue weighted by Gasteiger charge is -2.04. The van der Waals surface area contributed by atoms with E-state index < -0.39 is 11.5 Å². The molecule has 0 atom stereocenters. The average molecular weight is 290 g/mol. The molecule has 0 bridgehead atoms. The largest absolute Gasteiger partial charge is 0.334 e. The van der Waals surface area contributed by atoms with Crippen molar-refractivity contribution >= 4 is 21.6 Å². The van der Waals surface area contributed by atoms with Crippen molar-refractivity contribution in [1.29, 1.82) is 0 Å². The fourth-order valence-corrected chi connectivity index (χ4v) is 3.20. The Bertz CT molecular complexity index is 919. The minimum Gasteiger partial charge on any atom is -0.298 e. The Morgan fingerprint density at radius 2 is 1.80 bits per heavy atom. The van der Waals surface area contributed by atoms with Gasteiger partial charge in [0.1, 0.15) is 10.6 Å². The van der Waals surface area contributed by atoms with Gasteiger partial charge < -0.3 is 0 Å². The van der Waals surface area contributed by atoms with Crippen molar-refractivity contribution in [3.05, 3.63) is 61.4 Å². The van der Waals surface area contributed by atoms with Gasteiger partial charge >= 0.3 is 5.69 Å². The molecule has 0 saturated heterocycles. The molecule has 2 heterocycles. The highest BCUT2D eigenvalue weighted by Crippen LogP contribution is 2.25. The van der Waals surface area contributed by atoms with Crippen LogP contribution in [0.3, 0.4) is 0 Å². The molecular weight excluding hydrogens is 279 g/mol. The maximum Gasteiger partial charge on any atom is 0.334 e. The molecule has 0 fully saturated rings. The van der Waals surface area contributed by atoms with Crippen LogP contribution in [0, 0.1) is 19.7 Å². The maximum absolute atomic E-state index is 13.0. The van der Waals surface area contributed by atoms with Gasteiger partial charge in [-0.2, -0.15) is 0 Å². The molecule has 1 N–H and O–H groups in total. The number of halogens is 1. The summed E-state index contributed by atoms with van der Waals surface area (Å²) >= 11 is 1.38. The lowest BCUT2D eigenvalue weighted by molar-refractivity contribution is 0.627. The second kappa shape index (κ2) is 4.42. The number of H-pyrrole nitrogens is 1. The van der Waals surface area contributed by atoms with Crippen molar-refractivity contribution in [1.82, 2.24) is 9.55 Å². The van der Waals surface area contributed by atoms with E-state index in [1.165, 1.54) is 35.6 Å². The van der Waals surface area contributed by atoms with Gasteiger partial charge in [0.2, 0.25) is 0 Å². The molecule has 2 aromatic heterocycles. The van der Waals surface area contributed by atoms with E-state index in [4.69, 9.17) is 0 Å². The smallest absolute Gasteiger partial charge is 0.298 e. The molecule has 0 saturated carbocycles. The van der Waals surface area contributed by atoms with Gasteiger partial charge in [-0.05, 0) is 43.7 Å². The molecule has 3 aromatic rings. The molecule has 102 valence electrons. The number of aromatic nitrogens is 2. The molecule has 0 aliphatic carbocycles. The fraction of sp³-hybridized carbons (Fsp3) is 0.143. The minimum atomic E-state index is -0.518. The van der Waals surface area contributed by atoms with Crippen molar-refractivity contribution < 1.29 is 4.39 Å². The molecule has 1 aromatic carbocycles. The van der Waals surface area contributed by atoms with Gasteiger partial charge in [-0.3, -0.25) is 9.78 Å². The molecule has 0 spiro atoms. The van der Waals surface area contributed by atoms with Crippen LogP contribution in [0.15, 0.2) is 33.9 Å². The predicted octanol–water partition coefficient (Wildman–Crippen LogP) is 2.50. The van der Waals surface area contributed by atoms with Gasteiger partial charge in [-0.25, -0.2) is 13.8 Å². The van der Waals surface area contributed by atoms with E-state index in [9.17, 15) is 14.0 Å². The highest BCUT2D eigenvalue weighted by Gasteiger charge is 2.14. The molecule has 0 radical (unpaired) electrons. The van der Waals surface area contributed by atoms with Crippen LogP contribution in [0.25, 0.3) is 15.9 Å². The van der Waals surface area contributed by atoms with Gasteiger partial charge in [0.15, 0.2) is 0 Å². The first kappa shape index (κ1) is 12.8. The van der Waals surface area contributed by atoms with E-state index in [-0.39, 0.29) is 5.56 Å². The molecule has 0 unspecified atom stereocenters. The third-order valence-electron chi connectivity index (χ3n) is 3.31. The molecule has 4 nitrogen and oxygen atoms in total. The zero-order valence-corrected chi connectivity index (χ0v) is 11.7. The van der Waals surface area contributed by atoms with Crippen LogP contribution in [0.4, 0.5) is 4.39 Å². The molecule has 0 aliphatic rings. The second-order valence-electron chi connectivity index (χ2n) is 4.53. The van der Waals surface area contributed by atoms with Crippen molar-refractivity contribution in [2.45, 2.75) is 13.8 Å². The first-order valence-corrected chi connectivity index (χ1v) is 6.81. The van der Waals surface area contributed by atoms with Gasteiger partial charge in [0.25, 0.3) is 5.56 Å². The third-order valence-corrected chi connectivity index (χ3v) is 4.43. The third kappa shape index (κ3) is 1.80. The summed E-state index contributed by atoms with van der Waals surface area (Å²) in [5.74, 6) is -0.415. The molecule has 6 heteroatoms. The fourth-order valence-electron chi connectivity index (χ4n) is 2.15. The van der Waals surface area contributed by atoms with Gasteiger partial charge in [-0.1, -0.05) is 0 Å². The molecule has 3 rings (SSSR count). The monoisotopic (exact) mass is 290 g/mol. The summed E-state index contributed by atoms with van der Waals surface area (Å²) in [4.78, 5) is 28.9. The van der Waals surface area contributed by atoms with Crippen LogP contribution in [-0.4, -0.2) is 9.55 Å². The highest BCUT2D eigenvalue weighted by molar-refractivity contribution is 7.18. The highest BCUT2D eigenvalue weighted by atomic mass is 32.1. The summed E-state index contributed by atoms with van der Waals surface area (Å²) in [5, 5.41) is 0.511. The maximum atomic E-state index is 13.0. The Hall–Kier alpha value is -2.21. The summed E-state index contributed by atoms with van der Waals surface area (Å²) in [6.45, 7) is 3.75. The van der Waals surface area contributed by atoms with Crippen LogP contribution in [-0.2, 0) is 0 Å². The number of nitrogens with one attached hydrogen (secondary N) is 1. The number of thiophene rings is 1. The van der Waals surface area contributed by atoms with Crippen LogP contribution < -0.4 is 11.2 Å². The lowest BCUT2D eigenvalue weighted by Crippen LogP contribution is -2.33. The number of rotatable bonds is 1. The first-order valence-electron chi connectivity index (χ1n) is 6.00. The van der Waals surface area contributed by atoms with Crippen molar-refractivity contribution in [2.75, 3.05) is 0 Å². The van der Waals surface area contributed by atoms with E-state index in [1.807, 2.05) is 13.8 Å². The van der Waals surface area contributed by atoms with E-state index in [0.29, 0.717) is 15.9 Å². The SMILES string of the molecule is Cc1sc2[nH]c(=O)n(-c3ccc(F)cc3)c(=O)c2c1C. The standard InChI is InChI=1S/C14H11FN2O2S/c1-7-8(2)20-12-11(7)13(18)17(14(19)16-12)10-5-3-9(15)4-6-10/h3-6H,1-2H3,(H,16,19). The Morgan fingerprint density at radius 1 is 1.15 bits per heavy atom. The number of aryl methyl sites for hydroxylation is 2. The number of hydrogen-bond donors (Lipinski definition) is 1. The van der Waals surface area contributed by atoms with Crippen LogP contribution in [0.2, 0.25) is 0 Å². The molecule has 0 amide bonds. The van der Waals surface area contributed by atoms with Crippen LogP contribution in [0.5, 0.6) is 0 Å². The Labute approximate surface area is 117 Å². The molecular formula is C14H11FN2O2S. The van der Waals surface area contributed by atoms with Crippen molar-refractivity contribution in [3.63, 3.8) is 0 Å². The van der Waals surface area contributed by atoms with E-state index in [2.05, 4.69) is 4.98 Å². The van der Waals surface area contributed by atoms with Crippen LogP contribution in [0.1, 0.15) is 10.4 Å². The van der Waals surface area contributed by atoms with Crippen molar-refractivity contribution in [3.8, 4) is 5.69 Å². The number of hydrogen-bond acceptors (Lipinski definition) is 3. The molecule has 0 aliphatic heterocycles. The van der Waals surface area contributed by atoms with Gasteiger partial charge in [-0.15, -0.1) is 11.3 Å². The number of fused-ring (bicyclic) bond motifs is 1. The Morgan fingerprint density at radius 3 is 2.45 bits per heavy atom. The summed E-state index contributed by atoms with van der Waals surface area (Å²) in [6, 6.07) is 5.26. The van der Waals surface area contributed by atoms with Gasteiger partial charge in [0.05, 0.1) is 11.1 Å². The van der Waals surface area contributed by atoms with Crippen molar-refractivity contribution in [2.24, 2.45) is 0 Å². The Kier molecular flexibility index (Phi) is 2.83. The molecule has 20 heavy (non-hydrogen) atoms. The summed E-state index contributed by atoms with van der Waals surface area (Å²) in [7, 11) is 0. The minimum absolute atomic E-state index is 0.350. The van der Waals surface area contributed by atoms with Gasteiger partial charge in [0, 0.05) is 4.88 Å². The topological polar surface area (TPSA) is 54.9 Å². The number of benzene rings is 1. The first-order chi connectivity index (χ1) is 9.49. The predicted molar refractivity (Wildman–Crippen MR) is 77.5 cm³/mol. The average Bonchev–Trinajstić information content (AvgIpc) is 2.67. The number of aromatic amines is 1. The zero-order chi connectivity index (χ0) is 14.4.